The predicted molar refractivity (Wildman–Crippen MR) is 69.6 cm³/mol. The molecule has 2 N–H and O–H groups in total. The summed E-state index contributed by atoms with van der Waals surface area (Å²) in [5.41, 5.74) is 9.86. The number of benzene rings is 1. The molecule has 0 aliphatic heterocycles. The van der Waals surface area contributed by atoms with Gasteiger partial charge in [-0.3, -0.25) is 0 Å². The predicted octanol–water partition coefficient (Wildman–Crippen LogP) is 2.77. The number of hydrogen-bond donors (Lipinski definition) is 1. The molecule has 16 heavy (non-hydrogen) atoms. The van der Waals surface area contributed by atoms with Gasteiger partial charge in [0.1, 0.15) is 0 Å². The summed E-state index contributed by atoms with van der Waals surface area (Å²) in [6, 6.07) is 6.91. The van der Waals surface area contributed by atoms with Crippen LogP contribution in [0.4, 0.5) is 0 Å². The molecule has 0 radical (unpaired) electrons. The molecule has 1 atom stereocenters. The fourth-order valence-electron chi connectivity index (χ4n) is 2.17. The van der Waals surface area contributed by atoms with Crippen LogP contribution in [0.25, 0.3) is 10.9 Å². The van der Waals surface area contributed by atoms with Crippen molar-refractivity contribution in [2.24, 2.45) is 12.8 Å². The molecule has 1 aromatic carbocycles. The largest absolute Gasteiger partial charge is 0.350 e. The second kappa shape index (κ2) is 4.30. The van der Waals surface area contributed by atoms with Crippen molar-refractivity contribution in [1.82, 2.24) is 4.57 Å². The van der Waals surface area contributed by atoms with Crippen molar-refractivity contribution >= 4 is 10.9 Å². The van der Waals surface area contributed by atoms with Gasteiger partial charge in [-0.1, -0.05) is 11.6 Å². The van der Waals surface area contributed by atoms with Gasteiger partial charge in [0, 0.05) is 30.2 Å². The van der Waals surface area contributed by atoms with E-state index in [0.717, 1.165) is 12.8 Å². The molecule has 1 aromatic heterocycles. The minimum absolute atomic E-state index is 0.278. The molecule has 0 spiro atoms. The minimum atomic E-state index is 0.278. The first-order valence-corrected chi connectivity index (χ1v) is 5.88. The average molecular weight is 216 g/mol. The number of hydrogen-bond acceptors (Lipinski definition) is 1. The SMILES string of the molecule is Cc1ccc2c(c1)c(CCC(C)N)cn2C. The van der Waals surface area contributed by atoms with E-state index in [2.05, 4.69) is 49.9 Å². The van der Waals surface area contributed by atoms with Crippen molar-refractivity contribution in [2.75, 3.05) is 0 Å². The summed E-state index contributed by atoms with van der Waals surface area (Å²) in [5, 5.41) is 1.38. The Labute approximate surface area is 97.1 Å². The number of nitrogens with zero attached hydrogens (tertiary/aromatic N) is 1. The molecule has 1 heterocycles. The zero-order valence-corrected chi connectivity index (χ0v) is 10.3. The molecule has 0 amide bonds. The van der Waals surface area contributed by atoms with Gasteiger partial charge in [0.05, 0.1) is 0 Å². The van der Waals surface area contributed by atoms with Crippen LogP contribution >= 0.6 is 0 Å². The molecule has 86 valence electrons. The monoisotopic (exact) mass is 216 g/mol. The van der Waals surface area contributed by atoms with E-state index in [1.54, 1.807) is 0 Å². The van der Waals surface area contributed by atoms with Crippen LogP contribution in [-0.4, -0.2) is 10.6 Å². The first-order chi connectivity index (χ1) is 7.58. The van der Waals surface area contributed by atoms with Gasteiger partial charge in [0.2, 0.25) is 0 Å². The lowest BCUT2D eigenvalue weighted by molar-refractivity contribution is 0.667. The zero-order valence-electron chi connectivity index (χ0n) is 10.3. The Morgan fingerprint density at radius 3 is 2.81 bits per heavy atom. The van der Waals surface area contributed by atoms with Gasteiger partial charge >= 0.3 is 0 Å². The molecule has 2 heteroatoms. The third kappa shape index (κ3) is 2.12. The van der Waals surface area contributed by atoms with Gasteiger partial charge in [-0.05, 0) is 44.4 Å². The van der Waals surface area contributed by atoms with E-state index >= 15 is 0 Å². The summed E-state index contributed by atoms with van der Waals surface area (Å²) < 4.78 is 2.20. The summed E-state index contributed by atoms with van der Waals surface area (Å²) in [6.45, 7) is 4.21. The van der Waals surface area contributed by atoms with E-state index in [4.69, 9.17) is 5.73 Å². The molecule has 2 aromatic rings. The Morgan fingerprint density at radius 2 is 2.12 bits per heavy atom. The molecule has 2 nitrogen and oxygen atoms in total. The minimum Gasteiger partial charge on any atom is -0.350 e. The molecular formula is C14H20N2. The van der Waals surface area contributed by atoms with Crippen LogP contribution in [0, 0.1) is 6.92 Å². The highest BCUT2D eigenvalue weighted by molar-refractivity contribution is 5.84. The van der Waals surface area contributed by atoms with Crippen molar-refractivity contribution in [2.45, 2.75) is 32.7 Å². The Morgan fingerprint density at radius 1 is 1.38 bits per heavy atom. The summed E-state index contributed by atoms with van der Waals surface area (Å²) in [7, 11) is 2.10. The van der Waals surface area contributed by atoms with Crippen LogP contribution in [0.3, 0.4) is 0 Å². The number of aryl methyl sites for hydroxylation is 3. The van der Waals surface area contributed by atoms with Crippen LogP contribution in [0.5, 0.6) is 0 Å². The second-order valence-corrected chi connectivity index (χ2v) is 4.80. The van der Waals surface area contributed by atoms with E-state index in [0.29, 0.717) is 0 Å². The van der Waals surface area contributed by atoms with E-state index in [9.17, 15) is 0 Å². The van der Waals surface area contributed by atoms with Gasteiger partial charge < -0.3 is 10.3 Å². The first-order valence-electron chi connectivity index (χ1n) is 5.88. The maximum absolute atomic E-state index is 5.81. The fraction of sp³-hybridized carbons (Fsp3) is 0.429. The summed E-state index contributed by atoms with van der Waals surface area (Å²) in [4.78, 5) is 0. The number of rotatable bonds is 3. The van der Waals surface area contributed by atoms with Crippen molar-refractivity contribution in [3.8, 4) is 0 Å². The first kappa shape index (κ1) is 11.2. The van der Waals surface area contributed by atoms with Gasteiger partial charge in [0.15, 0.2) is 0 Å². The molecule has 0 saturated heterocycles. The molecule has 0 bridgehead atoms. The standard InChI is InChI=1S/C14H20N2/c1-10-4-7-14-13(8-10)12(9-16(14)3)6-5-11(2)15/h4,7-9,11H,5-6,15H2,1-3H3. The lowest BCUT2D eigenvalue weighted by Gasteiger charge is -2.03. The van der Waals surface area contributed by atoms with Crippen molar-refractivity contribution in [1.29, 1.82) is 0 Å². The maximum Gasteiger partial charge on any atom is 0.0480 e. The van der Waals surface area contributed by atoms with E-state index in [1.165, 1.54) is 22.0 Å². The Bertz CT molecular complexity index is 495. The molecular weight excluding hydrogens is 196 g/mol. The number of fused-ring (bicyclic) bond motifs is 1. The third-order valence-corrected chi connectivity index (χ3v) is 3.10. The lowest BCUT2D eigenvalue weighted by Crippen LogP contribution is -2.15. The zero-order chi connectivity index (χ0) is 11.7. The van der Waals surface area contributed by atoms with Crippen molar-refractivity contribution in [3.05, 3.63) is 35.5 Å². The van der Waals surface area contributed by atoms with Crippen LogP contribution in [-0.2, 0) is 13.5 Å². The maximum atomic E-state index is 5.81. The molecule has 0 fully saturated rings. The van der Waals surface area contributed by atoms with Crippen molar-refractivity contribution < 1.29 is 0 Å². The number of aromatic nitrogens is 1. The van der Waals surface area contributed by atoms with Gasteiger partial charge in [-0.25, -0.2) is 0 Å². The van der Waals surface area contributed by atoms with E-state index < -0.39 is 0 Å². The van der Waals surface area contributed by atoms with E-state index in [-0.39, 0.29) is 6.04 Å². The second-order valence-electron chi connectivity index (χ2n) is 4.80. The van der Waals surface area contributed by atoms with Crippen LogP contribution in [0.15, 0.2) is 24.4 Å². The molecule has 1 unspecified atom stereocenters. The summed E-state index contributed by atoms with van der Waals surface area (Å²) in [5.74, 6) is 0. The third-order valence-electron chi connectivity index (χ3n) is 3.10. The summed E-state index contributed by atoms with van der Waals surface area (Å²) >= 11 is 0. The van der Waals surface area contributed by atoms with E-state index in [1.807, 2.05) is 0 Å². The fourth-order valence-corrected chi connectivity index (χ4v) is 2.17. The topological polar surface area (TPSA) is 30.9 Å². The quantitative estimate of drug-likeness (QED) is 0.840. The number of nitrogens with two attached hydrogens (primary N) is 1. The van der Waals surface area contributed by atoms with Gasteiger partial charge in [-0.2, -0.15) is 0 Å². The smallest absolute Gasteiger partial charge is 0.0480 e. The van der Waals surface area contributed by atoms with Crippen molar-refractivity contribution in [3.63, 3.8) is 0 Å². The van der Waals surface area contributed by atoms with Crippen LogP contribution < -0.4 is 5.73 Å². The van der Waals surface area contributed by atoms with Crippen LogP contribution in [0.1, 0.15) is 24.5 Å². The highest BCUT2D eigenvalue weighted by atomic mass is 14.9. The highest BCUT2D eigenvalue weighted by Gasteiger charge is 2.07. The van der Waals surface area contributed by atoms with Gasteiger partial charge in [0.25, 0.3) is 0 Å². The molecule has 0 aliphatic carbocycles. The van der Waals surface area contributed by atoms with Gasteiger partial charge in [-0.15, -0.1) is 0 Å². The molecule has 0 aliphatic rings. The molecule has 2 rings (SSSR count). The Kier molecular flexibility index (Phi) is 3.01. The highest BCUT2D eigenvalue weighted by Crippen LogP contribution is 2.23. The Balaban J connectivity index is 2.41. The molecule has 0 saturated carbocycles. The average Bonchev–Trinajstić information content (AvgIpc) is 2.52. The normalized spacial score (nSPS) is 13.2. The lowest BCUT2D eigenvalue weighted by atomic mass is 10.0. The van der Waals surface area contributed by atoms with Crippen LogP contribution in [0.2, 0.25) is 0 Å². The summed E-state index contributed by atoms with van der Waals surface area (Å²) in [6.07, 6.45) is 4.35. The Hall–Kier alpha value is -1.28.